The van der Waals surface area contributed by atoms with Crippen molar-refractivity contribution in [3.05, 3.63) is 78.9 Å². The molecule has 0 bridgehead atoms. The topological polar surface area (TPSA) is 26.3 Å². The summed E-state index contributed by atoms with van der Waals surface area (Å²) in [5.41, 5.74) is 0. The SMILES string of the molecule is CC(=O)Oc1c2ccc3ccccc3c2cc2ccc3ccccc3c12. The highest BCUT2D eigenvalue weighted by Crippen LogP contribution is 2.41. The Morgan fingerprint density at radius 3 is 2.04 bits per heavy atom. The van der Waals surface area contributed by atoms with Gasteiger partial charge in [0.05, 0.1) is 0 Å². The van der Waals surface area contributed by atoms with Gasteiger partial charge in [0.15, 0.2) is 0 Å². The quantitative estimate of drug-likeness (QED) is 0.157. The van der Waals surface area contributed by atoms with E-state index in [4.69, 9.17) is 4.74 Å². The van der Waals surface area contributed by atoms with Gasteiger partial charge in [0, 0.05) is 17.7 Å². The summed E-state index contributed by atoms with van der Waals surface area (Å²) < 4.78 is 5.76. The number of carbonyl (C=O) groups excluding carboxylic acids is 1. The van der Waals surface area contributed by atoms with Gasteiger partial charge in [0.1, 0.15) is 5.75 Å². The summed E-state index contributed by atoms with van der Waals surface area (Å²) in [5.74, 6) is 0.340. The molecule has 0 radical (unpaired) electrons. The zero-order valence-electron chi connectivity index (χ0n) is 14.3. The van der Waals surface area contributed by atoms with Crippen molar-refractivity contribution >= 4 is 49.1 Å². The smallest absolute Gasteiger partial charge is 0.308 e. The van der Waals surface area contributed by atoms with Crippen molar-refractivity contribution in [1.29, 1.82) is 0 Å². The van der Waals surface area contributed by atoms with E-state index in [-0.39, 0.29) is 5.97 Å². The van der Waals surface area contributed by atoms with Crippen LogP contribution in [0.2, 0.25) is 0 Å². The molecule has 0 aliphatic heterocycles. The summed E-state index contributed by atoms with van der Waals surface area (Å²) in [5, 5.41) is 8.68. The number of carbonyl (C=O) groups is 1. The van der Waals surface area contributed by atoms with Crippen molar-refractivity contribution in [2.45, 2.75) is 6.92 Å². The lowest BCUT2D eigenvalue weighted by Gasteiger charge is -2.14. The normalized spacial score (nSPS) is 11.4. The molecule has 0 amide bonds. The van der Waals surface area contributed by atoms with E-state index in [0.29, 0.717) is 5.75 Å². The lowest BCUT2D eigenvalue weighted by atomic mass is 9.94. The van der Waals surface area contributed by atoms with Gasteiger partial charge in [-0.1, -0.05) is 66.7 Å². The first kappa shape index (κ1) is 14.9. The van der Waals surface area contributed by atoms with Crippen LogP contribution in [0.15, 0.2) is 78.9 Å². The van der Waals surface area contributed by atoms with Crippen LogP contribution < -0.4 is 4.74 Å². The summed E-state index contributed by atoms with van der Waals surface area (Å²) in [6.07, 6.45) is 0. The molecule has 0 heterocycles. The maximum Gasteiger partial charge on any atom is 0.308 e. The summed E-state index contributed by atoms with van der Waals surface area (Å²) in [6, 6.07) is 27.1. The van der Waals surface area contributed by atoms with Crippen molar-refractivity contribution in [1.82, 2.24) is 0 Å². The van der Waals surface area contributed by atoms with Crippen LogP contribution in [0.1, 0.15) is 6.92 Å². The molecule has 0 aliphatic rings. The molecule has 5 aromatic rings. The molecule has 124 valence electrons. The minimum Gasteiger partial charge on any atom is -0.425 e. The van der Waals surface area contributed by atoms with Crippen LogP contribution in [0, 0.1) is 0 Å². The monoisotopic (exact) mass is 336 g/mol. The zero-order valence-corrected chi connectivity index (χ0v) is 14.3. The number of esters is 1. The van der Waals surface area contributed by atoms with Gasteiger partial charge >= 0.3 is 5.97 Å². The fourth-order valence-corrected chi connectivity index (χ4v) is 3.85. The van der Waals surface area contributed by atoms with Gasteiger partial charge in [-0.25, -0.2) is 0 Å². The van der Waals surface area contributed by atoms with Crippen LogP contribution in [0.3, 0.4) is 0 Å². The lowest BCUT2D eigenvalue weighted by molar-refractivity contribution is -0.131. The molecule has 0 atom stereocenters. The predicted octanol–water partition coefficient (Wildman–Crippen LogP) is 6.22. The van der Waals surface area contributed by atoms with Crippen LogP contribution in [-0.2, 0) is 4.79 Å². The Bertz CT molecular complexity index is 1330. The van der Waals surface area contributed by atoms with E-state index in [9.17, 15) is 4.79 Å². The molecule has 0 aromatic heterocycles. The van der Waals surface area contributed by atoms with E-state index < -0.39 is 0 Å². The molecule has 0 saturated carbocycles. The Kier molecular flexibility index (Phi) is 3.19. The standard InChI is InChI=1S/C24H16O2/c1-15(25)26-24-21-13-12-16-6-2-4-8-19(16)22(21)14-18-11-10-17-7-3-5-9-20(17)23(18)24/h2-14H,1H3. The number of hydrogen-bond donors (Lipinski definition) is 0. The Balaban J connectivity index is 2.05. The summed E-state index contributed by atoms with van der Waals surface area (Å²) in [4.78, 5) is 11.9. The first-order chi connectivity index (χ1) is 12.7. The molecular formula is C24H16O2. The average molecular weight is 336 g/mol. The third kappa shape index (κ3) is 2.16. The van der Waals surface area contributed by atoms with Crippen molar-refractivity contribution in [3.8, 4) is 5.75 Å². The van der Waals surface area contributed by atoms with Gasteiger partial charge in [0.2, 0.25) is 0 Å². The van der Waals surface area contributed by atoms with Crippen LogP contribution in [0.25, 0.3) is 43.1 Å². The minimum atomic E-state index is -0.306. The first-order valence-electron chi connectivity index (χ1n) is 8.67. The van der Waals surface area contributed by atoms with E-state index in [2.05, 4.69) is 54.6 Å². The molecule has 2 heteroatoms. The number of hydrogen-bond acceptors (Lipinski definition) is 2. The first-order valence-corrected chi connectivity index (χ1v) is 8.67. The summed E-state index contributed by atoms with van der Waals surface area (Å²) in [7, 11) is 0. The Hall–Kier alpha value is -3.39. The molecule has 0 fully saturated rings. The van der Waals surface area contributed by atoms with Gasteiger partial charge in [-0.05, 0) is 44.5 Å². The molecule has 0 N–H and O–H groups in total. The number of ether oxygens (including phenoxy) is 1. The van der Waals surface area contributed by atoms with Crippen LogP contribution >= 0.6 is 0 Å². The zero-order chi connectivity index (χ0) is 17.7. The van der Waals surface area contributed by atoms with E-state index in [1.807, 2.05) is 24.3 Å². The third-order valence-electron chi connectivity index (χ3n) is 4.95. The fourth-order valence-electron chi connectivity index (χ4n) is 3.85. The van der Waals surface area contributed by atoms with Gasteiger partial charge in [-0.3, -0.25) is 4.79 Å². The van der Waals surface area contributed by atoms with Crippen molar-refractivity contribution in [2.24, 2.45) is 0 Å². The molecule has 0 saturated heterocycles. The highest BCUT2D eigenvalue weighted by molar-refractivity contribution is 6.21. The second-order valence-electron chi connectivity index (χ2n) is 6.57. The molecule has 0 unspecified atom stereocenters. The highest BCUT2D eigenvalue weighted by atomic mass is 16.5. The van der Waals surface area contributed by atoms with Gasteiger partial charge in [0.25, 0.3) is 0 Å². The molecule has 2 nitrogen and oxygen atoms in total. The highest BCUT2D eigenvalue weighted by Gasteiger charge is 2.15. The lowest BCUT2D eigenvalue weighted by Crippen LogP contribution is -2.03. The molecule has 5 rings (SSSR count). The predicted molar refractivity (Wildman–Crippen MR) is 108 cm³/mol. The summed E-state index contributed by atoms with van der Waals surface area (Å²) >= 11 is 0. The number of benzene rings is 5. The van der Waals surface area contributed by atoms with E-state index in [1.165, 1.54) is 12.3 Å². The van der Waals surface area contributed by atoms with Crippen molar-refractivity contribution < 1.29 is 9.53 Å². The van der Waals surface area contributed by atoms with E-state index in [0.717, 1.165) is 37.7 Å². The Morgan fingerprint density at radius 2 is 1.27 bits per heavy atom. The second kappa shape index (κ2) is 5.57. The van der Waals surface area contributed by atoms with Crippen molar-refractivity contribution in [3.63, 3.8) is 0 Å². The minimum absolute atomic E-state index is 0.306. The van der Waals surface area contributed by atoms with Crippen LogP contribution in [-0.4, -0.2) is 5.97 Å². The Morgan fingerprint density at radius 1 is 0.654 bits per heavy atom. The second-order valence-corrected chi connectivity index (χ2v) is 6.57. The Labute approximate surface area is 150 Å². The largest absolute Gasteiger partial charge is 0.425 e. The maximum absolute atomic E-state index is 11.9. The van der Waals surface area contributed by atoms with Gasteiger partial charge in [-0.2, -0.15) is 0 Å². The van der Waals surface area contributed by atoms with Crippen LogP contribution in [0.5, 0.6) is 5.75 Å². The molecule has 0 aliphatic carbocycles. The summed E-state index contributed by atoms with van der Waals surface area (Å²) in [6.45, 7) is 1.46. The van der Waals surface area contributed by atoms with Crippen LogP contribution in [0.4, 0.5) is 0 Å². The fraction of sp³-hybridized carbons (Fsp3) is 0.0417. The average Bonchev–Trinajstić information content (AvgIpc) is 2.67. The van der Waals surface area contributed by atoms with Crippen molar-refractivity contribution in [2.75, 3.05) is 0 Å². The van der Waals surface area contributed by atoms with Gasteiger partial charge < -0.3 is 4.74 Å². The molecule has 26 heavy (non-hydrogen) atoms. The maximum atomic E-state index is 11.9. The van der Waals surface area contributed by atoms with E-state index >= 15 is 0 Å². The number of rotatable bonds is 1. The van der Waals surface area contributed by atoms with Gasteiger partial charge in [-0.15, -0.1) is 0 Å². The van der Waals surface area contributed by atoms with E-state index in [1.54, 1.807) is 0 Å². The third-order valence-corrected chi connectivity index (χ3v) is 4.95. The number of fused-ring (bicyclic) bond motifs is 6. The molecular weight excluding hydrogens is 320 g/mol. The molecule has 0 spiro atoms. The molecule has 5 aromatic carbocycles.